The molecule has 0 bridgehead atoms. The van der Waals surface area contributed by atoms with E-state index in [1.165, 1.54) is 11.3 Å². The molecule has 1 heterocycles. The molecule has 60 valence electrons. The fraction of sp³-hybridized carbons (Fsp3) is 0.167. The first-order valence-corrected chi connectivity index (χ1v) is 4.43. The van der Waals surface area contributed by atoms with Crippen LogP contribution in [0.4, 0.5) is 0 Å². The van der Waals surface area contributed by atoms with Crippen LogP contribution >= 0.6 is 27.3 Å². The molecule has 2 N–H and O–H groups in total. The van der Waals surface area contributed by atoms with Gasteiger partial charge in [-0.15, -0.1) is 11.3 Å². The second-order valence-electron chi connectivity index (χ2n) is 1.92. The second kappa shape index (κ2) is 3.34. The molecule has 1 rings (SSSR count). The summed E-state index contributed by atoms with van der Waals surface area (Å²) < 4.78 is 0.813. The van der Waals surface area contributed by atoms with Crippen LogP contribution in [0.2, 0.25) is 0 Å². The number of aliphatic hydroxyl groups is 1. The van der Waals surface area contributed by atoms with Crippen LogP contribution in [0.25, 0.3) is 0 Å². The van der Waals surface area contributed by atoms with Gasteiger partial charge in [0, 0.05) is 5.56 Å². The first-order chi connectivity index (χ1) is 5.11. The van der Waals surface area contributed by atoms with Gasteiger partial charge in [0.15, 0.2) is 6.10 Å². The van der Waals surface area contributed by atoms with E-state index in [0.29, 0.717) is 5.56 Å². The monoisotopic (exact) mass is 236 g/mol. The van der Waals surface area contributed by atoms with Gasteiger partial charge in [0.1, 0.15) is 0 Å². The van der Waals surface area contributed by atoms with E-state index in [0.717, 1.165) is 3.79 Å². The number of aliphatic hydroxyl groups excluding tert-OH is 1. The van der Waals surface area contributed by atoms with Gasteiger partial charge in [0.05, 0.1) is 3.79 Å². The molecule has 0 aliphatic carbocycles. The molecule has 0 saturated carbocycles. The summed E-state index contributed by atoms with van der Waals surface area (Å²) in [6, 6.07) is 1.59. The largest absolute Gasteiger partial charge is 0.479 e. The number of carboxylic acids is 1. The number of rotatable bonds is 2. The van der Waals surface area contributed by atoms with Crippen LogP contribution in [-0.2, 0) is 4.79 Å². The number of thiophene rings is 1. The van der Waals surface area contributed by atoms with Crippen LogP contribution < -0.4 is 0 Å². The molecule has 0 aromatic carbocycles. The van der Waals surface area contributed by atoms with Crippen LogP contribution in [0, 0.1) is 0 Å². The summed E-state index contributed by atoms with van der Waals surface area (Å²) in [5.74, 6) is -1.23. The van der Waals surface area contributed by atoms with Crippen LogP contribution in [0.5, 0.6) is 0 Å². The van der Waals surface area contributed by atoms with Crippen molar-refractivity contribution in [2.75, 3.05) is 0 Å². The minimum atomic E-state index is -1.41. The standard InChI is InChI=1S/C6H5BrO3S/c7-4-1-3(2-11-4)5(8)6(9)10/h1-2,5,8H,(H,9,10). The maximum atomic E-state index is 10.2. The van der Waals surface area contributed by atoms with Crippen molar-refractivity contribution >= 4 is 33.2 Å². The van der Waals surface area contributed by atoms with E-state index in [1.54, 1.807) is 11.4 Å². The van der Waals surface area contributed by atoms with Crippen LogP contribution in [0.1, 0.15) is 11.7 Å². The molecule has 0 amide bonds. The highest BCUT2D eigenvalue weighted by Gasteiger charge is 2.16. The number of hydrogen-bond donors (Lipinski definition) is 2. The number of hydrogen-bond acceptors (Lipinski definition) is 3. The Morgan fingerprint density at radius 3 is 2.73 bits per heavy atom. The highest BCUT2D eigenvalue weighted by molar-refractivity contribution is 9.11. The zero-order valence-electron chi connectivity index (χ0n) is 5.32. The zero-order chi connectivity index (χ0) is 8.43. The van der Waals surface area contributed by atoms with E-state index in [4.69, 9.17) is 10.2 Å². The molecule has 0 aliphatic rings. The van der Waals surface area contributed by atoms with Crippen LogP contribution in [0.15, 0.2) is 15.2 Å². The lowest BCUT2D eigenvalue weighted by atomic mass is 10.2. The Hall–Kier alpha value is -0.390. The van der Waals surface area contributed by atoms with Crippen molar-refractivity contribution in [1.82, 2.24) is 0 Å². The Morgan fingerprint density at radius 1 is 1.73 bits per heavy atom. The highest BCUT2D eigenvalue weighted by Crippen LogP contribution is 2.25. The van der Waals surface area contributed by atoms with E-state index in [2.05, 4.69) is 15.9 Å². The molecule has 0 aliphatic heterocycles. The second-order valence-corrected chi connectivity index (χ2v) is 4.22. The van der Waals surface area contributed by atoms with E-state index in [-0.39, 0.29) is 0 Å². The molecule has 0 saturated heterocycles. The SMILES string of the molecule is O=C(O)C(O)c1csc(Br)c1. The lowest BCUT2D eigenvalue weighted by Crippen LogP contribution is -2.08. The maximum absolute atomic E-state index is 10.2. The third-order valence-electron chi connectivity index (χ3n) is 1.14. The highest BCUT2D eigenvalue weighted by atomic mass is 79.9. The molecule has 0 radical (unpaired) electrons. The van der Waals surface area contributed by atoms with Gasteiger partial charge < -0.3 is 10.2 Å². The van der Waals surface area contributed by atoms with Gasteiger partial charge in [-0.25, -0.2) is 4.79 Å². The summed E-state index contributed by atoms with van der Waals surface area (Å²) in [6.07, 6.45) is -1.41. The fourth-order valence-corrected chi connectivity index (χ4v) is 1.80. The van der Waals surface area contributed by atoms with E-state index in [9.17, 15) is 4.79 Å². The minimum Gasteiger partial charge on any atom is -0.479 e. The average molecular weight is 237 g/mol. The van der Waals surface area contributed by atoms with Gasteiger partial charge in [-0.3, -0.25) is 0 Å². The van der Waals surface area contributed by atoms with Crippen molar-refractivity contribution in [2.45, 2.75) is 6.10 Å². The van der Waals surface area contributed by atoms with Crippen molar-refractivity contribution in [3.05, 3.63) is 20.8 Å². The Labute approximate surface area is 75.4 Å². The van der Waals surface area contributed by atoms with Crippen molar-refractivity contribution < 1.29 is 15.0 Å². The Balaban J connectivity index is 2.84. The molecule has 0 fully saturated rings. The van der Waals surface area contributed by atoms with Crippen molar-refractivity contribution in [3.8, 4) is 0 Å². The predicted octanol–water partition coefficient (Wildman–Crippen LogP) is 1.63. The third kappa shape index (κ3) is 2.02. The summed E-state index contributed by atoms with van der Waals surface area (Å²) in [5, 5.41) is 19.0. The molecule has 1 atom stereocenters. The Morgan fingerprint density at radius 2 is 2.36 bits per heavy atom. The molecule has 11 heavy (non-hydrogen) atoms. The van der Waals surface area contributed by atoms with Gasteiger partial charge >= 0.3 is 5.97 Å². The molecular formula is C6H5BrO3S. The summed E-state index contributed by atoms with van der Waals surface area (Å²) >= 11 is 4.51. The normalized spacial score (nSPS) is 12.9. The summed E-state index contributed by atoms with van der Waals surface area (Å²) in [7, 11) is 0. The topological polar surface area (TPSA) is 57.5 Å². The lowest BCUT2D eigenvalue weighted by Gasteiger charge is -1.99. The summed E-state index contributed by atoms with van der Waals surface area (Å²) in [6.45, 7) is 0. The first-order valence-electron chi connectivity index (χ1n) is 2.76. The zero-order valence-corrected chi connectivity index (χ0v) is 7.72. The van der Waals surface area contributed by atoms with Crippen molar-refractivity contribution in [2.24, 2.45) is 0 Å². The van der Waals surface area contributed by atoms with Crippen molar-refractivity contribution in [1.29, 1.82) is 0 Å². The third-order valence-corrected chi connectivity index (χ3v) is 2.66. The summed E-state index contributed by atoms with van der Waals surface area (Å²) in [5.41, 5.74) is 0.411. The minimum absolute atomic E-state index is 0.411. The lowest BCUT2D eigenvalue weighted by molar-refractivity contribution is -0.146. The van der Waals surface area contributed by atoms with Gasteiger partial charge in [0.2, 0.25) is 0 Å². The van der Waals surface area contributed by atoms with Crippen LogP contribution in [-0.4, -0.2) is 16.2 Å². The Bertz CT molecular complexity index is 271. The average Bonchev–Trinajstić information content (AvgIpc) is 2.34. The molecule has 5 heteroatoms. The van der Waals surface area contributed by atoms with E-state index >= 15 is 0 Å². The molecule has 1 aromatic heterocycles. The summed E-state index contributed by atoms with van der Waals surface area (Å²) in [4.78, 5) is 10.2. The number of carboxylic acid groups (broad SMARTS) is 1. The van der Waals surface area contributed by atoms with E-state index in [1.807, 2.05) is 0 Å². The van der Waals surface area contributed by atoms with E-state index < -0.39 is 12.1 Å². The predicted molar refractivity (Wildman–Crippen MR) is 44.6 cm³/mol. The van der Waals surface area contributed by atoms with Crippen molar-refractivity contribution in [3.63, 3.8) is 0 Å². The maximum Gasteiger partial charge on any atom is 0.337 e. The van der Waals surface area contributed by atoms with Gasteiger partial charge in [0.25, 0.3) is 0 Å². The smallest absolute Gasteiger partial charge is 0.337 e. The molecule has 1 aromatic rings. The van der Waals surface area contributed by atoms with Gasteiger partial charge in [-0.2, -0.15) is 0 Å². The molecule has 1 unspecified atom stereocenters. The molecule has 0 spiro atoms. The Kier molecular flexibility index (Phi) is 2.64. The molecule has 3 nitrogen and oxygen atoms in total. The number of halogens is 1. The quantitative estimate of drug-likeness (QED) is 0.821. The van der Waals surface area contributed by atoms with Gasteiger partial charge in [-0.05, 0) is 27.4 Å². The first kappa shape index (κ1) is 8.70. The number of carbonyl (C=O) groups is 1. The van der Waals surface area contributed by atoms with Crippen LogP contribution in [0.3, 0.4) is 0 Å². The number of aliphatic carboxylic acids is 1. The van der Waals surface area contributed by atoms with Gasteiger partial charge in [-0.1, -0.05) is 0 Å². The molecular weight excluding hydrogens is 232 g/mol. The fourth-order valence-electron chi connectivity index (χ4n) is 0.609.